The summed E-state index contributed by atoms with van der Waals surface area (Å²) >= 11 is 0. The van der Waals surface area contributed by atoms with Crippen LogP contribution in [0.25, 0.3) is 0 Å². The van der Waals surface area contributed by atoms with Crippen molar-refractivity contribution in [3.05, 3.63) is 42.5 Å². The Kier molecular flexibility index (Phi) is 5.37. The van der Waals surface area contributed by atoms with Crippen LogP contribution in [0.3, 0.4) is 0 Å². The Hall–Kier alpha value is -2.30. The van der Waals surface area contributed by atoms with Crippen molar-refractivity contribution in [3.63, 3.8) is 0 Å². The van der Waals surface area contributed by atoms with Crippen LogP contribution in [-0.4, -0.2) is 25.6 Å². The van der Waals surface area contributed by atoms with Crippen molar-refractivity contribution in [1.82, 2.24) is 10.6 Å². The number of allylic oxidation sites excluding steroid dienone is 1. The van der Waals surface area contributed by atoms with Crippen LogP contribution in [0.4, 0.5) is 10.5 Å². The fraction of sp³-hybridized carbons (Fsp3) is 0.375. The number of benzene rings is 1. The highest BCUT2D eigenvalue weighted by Gasteiger charge is 2.20. The smallest absolute Gasteiger partial charge is 0.321 e. The monoisotopic (exact) mass is 286 g/mol. The van der Waals surface area contributed by atoms with Gasteiger partial charge in [-0.2, -0.15) is 0 Å². The van der Waals surface area contributed by atoms with E-state index in [2.05, 4.69) is 27.5 Å². The van der Waals surface area contributed by atoms with Crippen molar-refractivity contribution >= 4 is 17.7 Å². The average Bonchev–Trinajstić information content (AvgIpc) is 3.31. The van der Waals surface area contributed by atoms with Crippen LogP contribution < -0.4 is 16.0 Å². The lowest BCUT2D eigenvalue weighted by Crippen LogP contribution is -2.41. The SMILES string of the molecule is C=CCc1ccc(NC(=NCC2CC2)NC(=O)NC)cc1. The van der Waals surface area contributed by atoms with E-state index in [-0.39, 0.29) is 6.03 Å². The number of hydrogen-bond acceptors (Lipinski definition) is 2. The number of carbonyl (C=O) groups is 1. The molecule has 5 heteroatoms. The van der Waals surface area contributed by atoms with Gasteiger partial charge in [0.15, 0.2) is 0 Å². The molecule has 1 saturated carbocycles. The van der Waals surface area contributed by atoms with E-state index >= 15 is 0 Å². The lowest BCUT2D eigenvalue weighted by atomic mass is 10.1. The first-order valence-electron chi connectivity index (χ1n) is 7.21. The Morgan fingerprint density at radius 1 is 1.38 bits per heavy atom. The number of nitrogens with zero attached hydrogens (tertiary/aromatic N) is 1. The van der Waals surface area contributed by atoms with Gasteiger partial charge in [-0.1, -0.05) is 18.2 Å². The lowest BCUT2D eigenvalue weighted by molar-refractivity contribution is 0.247. The number of rotatable bonds is 5. The van der Waals surface area contributed by atoms with Crippen LogP contribution in [0.2, 0.25) is 0 Å². The van der Waals surface area contributed by atoms with Gasteiger partial charge in [0, 0.05) is 19.3 Å². The molecule has 0 heterocycles. The van der Waals surface area contributed by atoms with Gasteiger partial charge in [-0.3, -0.25) is 10.3 Å². The maximum atomic E-state index is 11.5. The minimum atomic E-state index is -0.277. The molecular formula is C16H22N4O. The molecule has 0 atom stereocenters. The van der Waals surface area contributed by atoms with E-state index in [9.17, 15) is 4.79 Å². The molecule has 0 aliphatic heterocycles. The average molecular weight is 286 g/mol. The van der Waals surface area contributed by atoms with Crippen LogP contribution in [-0.2, 0) is 6.42 Å². The molecule has 0 aromatic heterocycles. The van der Waals surface area contributed by atoms with Gasteiger partial charge in [-0.05, 0) is 42.9 Å². The summed E-state index contributed by atoms with van der Waals surface area (Å²) in [5, 5.41) is 8.39. The summed E-state index contributed by atoms with van der Waals surface area (Å²) in [6, 6.07) is 7.72. The van der Waals surface area contributed by atoms with Gasteiger partial charge in [0.05, 0.1) is 0 Å². The molecule has 1 fully saturated rings. The molecule has 5 nitrogen and oxygen atoms in total. The standard InChI is InChI=1S/C16H22N4O/c1-3-4-12-7-9-14(10-8-12)19-15(20-16(21)17-2)18-11-13-5-6-13/h3,7-10,13H,1,4-6,11H2,2H3,(H3,17,18,19,20,21). The van der Waals surface area contributed by atoms with Gasteiger partial charge < -0.3 is 10.6 Å². The van der Waals surface area contributed by atoms with Gasteiger partial charge in [0.25, 0.3) is 0 Å². The zero-order chi connectivity index (χ0) is 15.1. The fourth-order valence-corrected chi connectivity index (χ4v) is 1.83. The molecular weight excluding hydrogens is 264 g/mol. The maximum Gasteiger partial charge on any atom is 0.321 e. The van der Waals surface area contributed by atoms with Crippen LogP contribution in [0.5, 0.6) is 0 Å². The zero-order valence-electron chi connectivity index (χ0n) is 12.4. The van der Waals surface area contributed by atoms with Crippen LogP contribution in [0, 0.1) is 5.92 Å². The summed E-state index contributed by atoms with van der Waals surface area (Å²) in [5.74, 6) is 1.15. The van der Waals surface area contributed by atoms with E-state index in [1.165, 1.54) is 18.4 Å². The van der Waals surface area contributed by atoms with E-state index in [1.54, 1.807) is 7.05 Å². The molecule has 2 rings (SSSR count). The summed E-state index contributed by atoms with van der Waals surface area (Å²) in [6.45, 7) is 4.48. The van der Waals surface area contributed by atoms with E-state index in [0.29, 0.717) is 11.9 Å². The Balaban J connectivity index is 2.00. The van der Waals surface area contributed by atoms with Crippen molar-refractivity contribution in [3.8, 4) is 0 Å². The molecule has 1 aliphatic rings. The molecule has 1 aromatic rings. The van der Waals surface area contributed by atoms with E-state index in [0.717, 1.165) is 18.7 Å². The molecule has 1 aliphatic carbocycles. The maximum absolute atomic E-state index is 11.5. The van der Waals surface area contributed by atoms with Crippen molar-refractivity contribution in [1.29, 1.82) is 0 Å². The van der Waals surface area contributed by atoms with Gasteiger partial charge in [0.2, 0.25) is 5.96 Å². The minimum Gasteiger partial charge on any atom is -0.341 e. The van der Waals surface area contributed by atoms with Crippen molar-refractivity contribution in [2.24, 2.45) is 10.9 Å². The number of amides is 2. The Bertz CT molecular complexity index is 518. The second-order valence-corrected chi connectivity index (χ2v) is 5.15. The summed E-state index contributed by atoms with van der Waals surface area (Å²) in [7, 11) is 1.58. The molecule has 0 saturated heterocycles. The quantitative estimate of drug-likeness (QED) is 0.442. The number of guanidine groups is 1. The Morgan fingerprint density at radius 3 is 2.67 bits per heavy atom. The van der Waals surface area contributed by atoms with Crippen molar-refractivity contribution in [2.45, 2.75) is 19.3 Å². The first kappa shape index (κ1) is 15.1. The lowest BCUT2D eigenvalue weighted by Gasteiger charge is -2.11. The molecule has 112 valence electrons. The normalized spacial score (nSPS) is 14.4. The highest BCUT2D eigenvalue weighted by molar-refractivity contribution is 6.03. The summed E-state index contributed by atoms with van der Waals surface area (Å²) < 4.78 is 0. The van der Waals surface area contributed by atoms with E-state index in [4.69, 9.17) is 0 Å². The van der Waals surface area contributed by atoms with Crippen LogP contribution >= 0.6 is 0 Å². The number of carbonyl (C=O) groups excluding carboxylic acids is 1. The number of aliphatic imine (C=N–C) groups is 1. The molecule has 21 heavy (non-hydrogen) atoms. The third-order valence-electron chi connectivity index (χ3n) is 3.26. The number of anilines is 1. The van der Waals surface area contributed by atoms with Crippen LogP contribution in [0.1, 0.15) is 18.4 Å². The fourth-order valence-electron chi connectivity index (χ4n) is 1.83. The topological polar surface area (TPSA) is 65.5 Å². The van der Waals surface area contributed by atoms with Gasteiger partial charge in [0.1, 0.15) is 0 Å². The largest absolute Gasteiger partial charge is 0.341 e. The predicted octanol–water partition coefficient (Wildman–Crippen LogP) is 2.52. The molecule has 3 N–H and O–H groups in total. The molecule has 1 aromatic carbocycles. The molecule has 0 radical (unpaired) electrons. The number of urea groups is 1. The zero-order valence-corrected chi connectivity index (χ0v) is 12.4. The summed E-state index contributed by atoms with van der Waals surface area (Å²) in [5.41, 5.74) is 2.10. The van der Waals surface area contributed by atoms with Crippen LogP contribution in [0.15, 0.2) is 41.9 Å². The second-order valence-electron chi connectivity index (χ2n) is 5.15. The predicted molar refractivity (Wildman–Crippen MR) is 86.6 cm³/mol. The van der Waals surface area contributed by atoms with E-state index in [1.807, 2.05) is 30.3 Å². The summed E-state index contributed by atoms with van der Waals surface area (Å²) in [4.78, 5) is 15.9. The molecule has 0 bridgehead atoms. The van der Waals surface area contributed by atoms with Gasteiger partial charge in [-0.25, -0.2) is 4.79 Å². The third-order valence-corrected chi connectivity index (χ3v) is 3.26. The molecule has 2 amide bonds. The Morgan fingerprint density at radius 2 is 2.10 bits per heavy atom. The Labute approximate surface area is 125 Å². The first-order chi connectivity index (χ1) is 10.2. The minimum absolute atomic E-state index is 0.277. The first-order valence-corrected chi connectivity index (χ1v) is 7.21. The second kappa shape index (κ2) is 7.47. The third kappa shape index (κ3) is 5.30. The van der Waals surface area contributed by atoms with E-state index < -0.39 is 0 Å². The summed E-state index contributed by atoms with van der Waals surface area (Å²) in [6.07, 6.45) is 5.18. The highest BCUT2D eigenvalue weighted by atomic mass is 16.2. The highest BCUT2D eigenvalue weighted by Crippen LogP contribution is 2.28. The molecule has 0 spiro atoms. The van der Waals surface area contributed by atoms with Crippen molar-refractivity contribution in [2.75, 3.05) is 18.9 Å². The van der Waals surface area contributed by atoms with Crippen molar-refractivity contribution < 1.29 is 4.79 Å². The van der Waals surface area contributed by atoms with Gasteiger partial charge in [-0.15, -0.1) is 6.58 Å². The van der Waals surface area contributed by atoms with Gasteiger partial charge >= 0.3 is 6.03 Å². The molecule has 0 unspecified atom stereocenters. The number of nitrogens with one attached hydrogen (secondary N) is 3. The number of hydrogen-bond donors (Lipinski definition) is 3.